The minimum Gasteiger partial charge on any atom is -0.347 e. The molecule has 0 atom stereocenters. The second kappa shape index (κ2) is 6.87. The highest BCUT2D eigenvalue weighted by atomic mass is 16.1. The van der Waals surface area contributed by atoms with Crippen molar-refractivity contribution in [2.24, 2.45) is 0 Å². The van der Waals surface area contributed by atoms with Gasteiger partial charge in [0.05, 0.1) is 5.52 Å². The van der Waals surface area contributed by atoms with E-state index in [1.165, 1.54) is 0 Å². The van der Waals surface area contributed by atoms with Crippen molar-refractivity contribution in [1.82, 2.24) is 15.3 Å². The lowest BCUT2D eigenvalue weighted by Gasteiger charge is -2.20. The van der Waals surface area contributed by atoms with Gasteiger partial charge in [-0.15, -0.1) is 0 Å². The van der Waals surface area contributed by atoms with Gasteiger partial charge in [0.15, 0.2) is 0 Å². The zero-order chi connectivity index (χ0) is 18.9. The zero-order valence-electron chi connectivity index (χ0n) is 16.1. The van der Waals surface area contributed by atoms with E-state index in [1.54, 1.807) is 6.07 Å². The van der Waals surface area contributed by atoms with E-state index in [9.17, 15) is 4.79 Å². The average Bonchev–Trinajstić information content (AvgIpc) is 2.60. The maximum absolute atomic E-state index is 12.6. The highest BCUT2D eigenvalue weighted by Gasteiger charge is 2.18. The Kier molecular flexibility index (Phi) is 4.77. The minimum atomic E-state index is -0.163. The number of para-hydroxylation sites is 1. The van der Waals surface area contributed by atoms with Crippen LogP contribution in [0.15, 0.2) is 42.6 Å². The highest BCUT2D eigenvalue weighted by molar-refractivity contribution is 5.95. The number of aromatic nitrogens is 2. The Bertz CT molecular complexity index is 971. The molecule has 0 aliphatic carbocycles. The molecule has 134 valence electrons. The number of pyridine rings is 2. The molecule has 4 nitrogen and oxygen atoms in total. The van der Waals surface area contributed by atoms with Gasteiger partial charge in [0.25, 0.3) is 5.91 Å². The first-order valence-electron chi connectivity index (χ1n) is 8.86. The zero-order valence-corrected chi connectivity index (χ0v) is 16.1. The van der Waals surface area contributed by atoms with Gasteiger partial charge in [-0.1, -0.05) is 45.0 Å². The fourth-order valence-electron chi connectivity index (χ4n) is 3.02. The Balaban J connectivity index is 1.88. The van der Waals surface area contributed by atoms with Crippen LogP contribution in [0.3, 0.4) is 0 Å². The normalized spacial score (nSPS) is 11.6. The number of rotatable bonds is 3. The molecule has 0 unspecified atom stereocenters. The van der Waals surface area contributed by atoms with Crippen LogP contribution in [0, 0.1) is 13.8 Å². The summed E-state index contributed by atoms with van der Waals surface area (Å²) in [6, 6.07) is 11.9. The fourth-order valence-corrected chi connectivity index (χ4v) is 3.02. The van der Waals surface area contributed by atoms with Crippen LogP contribution in [0.2, 0.25) is 0 Å². The molecule has 0 saturated heterocycles. The van der Waals surface area contributed by atoms with Crippen LogP contribution >= 0.6 is 0 Å². The van der Waals surface area contributed by atoms with E-state index in [0.29, 0.717) is 12.2 Å². The number of nitrogens with zero attached hydrogens (tertiary/aromatic N) is 2. The summed E-state index contributed by atoms with van der Waals surface area (Å²) >= 11 is 0. The second-order valence-electron chi connectivity index (χ2n) is 7.76. The number of aryl methyl sites for hydroxylation is 2. The molecule has 0 spiro atoms. The van der Waals surface area contributed by atoms with Crippen molar-refractivity contribution in [2.45, 2.75) is 46.6 Å². The third kappa shape index (κ3) is 3.74. The molecule has 2 aromatic heterocycles. The van der Waals surface area contributed by atoms with Gasteiger partial charge >= 0.3 is 0 Å². The summed E-state index contributed by atoms with van der Waals surface area (Å²) in [5.41, 5.74) is 5.53. The monoisotopic (exact) mass is 347 g/mol. The van der Waals surface area contributed by atoms with Gasteiger partial charge in [-0.05, 0) is 48.1 Å². The largest absolute Gasteiger partial charge is 0.347 e. The molecular weight excluding hydrogens is 322 g/mol. The Morgan fingerprint density at radius 1 is 1.12 bits per heavy atom. The van der Waals surface area contributed by atoms with Gasteiger partial charge in [0.1, 0.15) is 5.69 Å². The highest BCUT2D eigenvalue weighted by Crippen LogP contribution is 2.28. The number of amides is 1. The van der Waals surface area contributed by atoms with Crippen LogP contribution in [0.4, 0.5) is 0 Å². The Morgan fingerprint density at radius 3 is 2.62 bits per heavy atom. The first kappa shape index (κ1) is 18.1. The van der Waals surface area contributed by atoms with Gasteiger partial charge in [-0.2, -0.15) is 0 Å². The molecule has 1 amide bonds. The van der Waals surface area contributed by atoms with Crippen molar-refractivity contribution in [3.05, 3.63) is 70.7 Å². The molecule has 2 heterocycles. The third-order valence-electron chi connectivity index (χ3n) is 4.55. The number of fused-ring (bicyclic) bond motifs is 1. The maximum Gasteiger partial charge on any atom is 0.270 e. The van der Waals surface area contributed by atoms with Crippen molar-refractivity contribution in [2.75, 3.05) is 0 Å². The predicted molar refractivity (Wildman–Crippen MR) is 105 cm³/mol. The molecule has 0 radical (unpaired) electrons. The Labute approximate surface area is 154 Å². The first-order valence-corrected chi connectivity index (χ1v) is 8.86. The van der Waals surface area contributed by atoms with E-state index < -0.39 is 0 Å². The van der Waals surface area contributed by atoms with Crippen LogP contribution in [0.25, 0.3) is 10.9 Å². The minimum absolute atomic E-state index is 0.0344. The molecule has 3 aromatic rings. The van der Waals surface area contributed by atoms with E-state index in [0.717, 1.165) is 33.3 Å². The van der Waals surface area contributed by atoms with Crippen LogP contribution in [-0.4, -0.2) is 15.9 Å². The first-order chi connectivity index (χ1) is 12.3. The third-order valence-corrected chi connectivity index (χ3v) is 4.55. The molecule has 0 aliphatic heterocycles. The molecular formula is C22H25N3O. The quantitative estimate of drug-likeness (QED) is 0.760. The van der Waals surface area contributed by atoms with Gasteiger partial charge in [0, 0.05) is 23.8 Å². The molecule has 4 heteroatoms. The number of nitrogens with one attached hydrogen (secondary N) is 1. The summed E-state index contributed by atoms with van der Waals surface area (Å²) in [6.45, 7) is 10.9. The van der Waals surface area contributed by atoms with Crippen LogP contribution < -0.4 is 5.32 Å². The van der Waals surface area contributed by atoms with Crippen molar-refractivity contribution in [3.63, 3.8) is 0 Å². The lowest BCUT2D eigenvalue weighted by Crippen LogP contribution is -2.24. The van der Waals surface area contributed by atoms with Crippen molar-refractivity contribution in [1.29, 1.82) is 0 Å². The molecule has 1 N–H and O–H groups in total. The standard InChI is InChI=1S/C22H25N3O/c1-14-12-23-15(2)11-17(14)13-24-21(26)19-10-9-16-7-6-8-18(20(16)25-19)22(3,4)5/h6-12H,13H2,1-5H3,(H,24,26). The topological polar surface area (TPSA) is 54.9 Å². The Morgan fingerprint density at radius 2 is 1.88 bits per heavy atom. The molecule has 26 heavy (non-hydrogen) atoms. The fraction of sp³-hybridized carbons (Fsp3) is 0.318. The summed E-state index contributed by atoms with van der Waals surface area (Å²) in [7, 11) is 0. The summed E-state index contributed by atoms with van der Waals surface area (Å²) in [5.74, 6) is -0.163. The van der Waals surface area contributed by atoms with Gasteiger partial charge in [-0.25, -0.2) is 4.98 Å². The molecule has 0 saturated carbocycles. The van der Waals surface area contributed by atoms with Gasteiger partial charge < -0.3 is 5.32 Å². The molecule has 3 rings (SSSR count). The SMILES string of the molecule is Cc1cc(CNC(=O)c2ccc3cccc(C(C)(C)C)c3n2)c(C)cn1. The van der Waals surface area contributed by atoms with Crippen LogP contribution in [-0.2, 0) is 12.0 Å². The van der Waals surface area contributed by atoms with Crippen molar-refractivity contribution in [3.8, 4) is 0 Å². The van der Waals surface area contributed by atoms with E-state index in [4.69, 9.17) is 0 Å². The summed E-state index contributed by atoms with van der Waals surface area (Å²) in [6.07, 6.45) is 1.83. The number of hydrogen-bond donors (Lipinski definition) is 1. The molecule has 0 bridgehead atoms. The van der Waals surface area contributed by atoms with Gasteiger partial charge in [-0.3, -0.25) is 9.78 Å². The van der Waals surface area contributed by atoms with Crippen molar-refractivity contribution < 1.29 is 4.79 Å². The van der Waals surface area contributed by atoms with E-state index in [1.807, 2.05) is 44.3 Å². The van der Waals surface area contributed by atoms with Crippen LogP contribution in [0.1, 0.15) is 53.6 Å². The van der Waals surface area contributed by atoms with Crippen LogP contribution in [0.5, 0.6) is 0 Å². The van der Waals surface area contributed by atoms with Crippen molar-refractivity contribution >= 4 is 16.8 Å². The predicted octanol–water partition coefficient (Wildman–Crippen LogP) is 4.47. The number of hydrogen-bond acceptors (Lipinski definition) is 3. The van der Waals surface area contributed by atoms with E-state index in [2.05, 4.69) is 42.1 Å². The molecule has 1 aromatic carbocycles. The maximum atomic E-state index is 12.6. The summed E-state index contributed by atoms with van der Waals surface area (Å²) in [5, 5.41) is 4.03. The summed E-state index contributed by atoms with van der Waals surface area (Å²) in [4.78, 5) is 21.6. The Hall–Kier alpha value is -2.75. The molecule has 0 fully saturated rings. The summed E-state index contributed by atoms with van der Waals surface area (Å²) < 4.78 is 0. The number of benzene rings is 1. The smallest absolute Gasteiger partial charge is 0.270 e. The van der Waals surface area contributed by atoms with E-state index >= 15 is 0 Å². The lowest BCUT2D eigenvalue weighted by atomic mass is 9.85. The lowest BCUT2D eigenvalue weighted by molar-refractivity contribution is 0.0946. The molecule has 0 aliphatic rings. The second-order valence-corrected chi connectivity index (χ2v) is 7.76. The number of carbonyl (C=O) groups excluding carboxylic acids is 1. The number of carbonyl (C=O) groups is 1. The van der Waals surface area contributed by atoms with E-state index in [-0.39, 0.29) is 11.3 Å². The van der Waals surface area contributed by atoms with Gasteiger partial charge in [0.2, 0.25) is 0 Å². The average molecular weight is 347 g/mol.